The Balaban J connectivity index is 0.00000256. The summed E-state index contributed by atoms with van der Waals surface area (Å²) in [6.45, 7) is 0.303. The fourth-order valence-electron chi connectivity index (χ4n) is 3.35. The van der Waals surface area contributed by atoms with Gasteiger partial charge in [0.15, 0.2) is 0 Å². The Kier molecular flexibility index (Phi) is 6.33. The lowest BCUT2D eigenvalue weighted by Crippen LogP contribution is -2.46. The number of nitrogens with two attached hydrogens (primary N) is 1. The molecule has 1 aliphatic rings. The van der Waals surface area contributed by atoms with Crippen molar-refractivity contribution in [3.8, 4) is 5.75 Å². The molecule has 30 heavy (non-hydrogen) atoms. The maximum Gasteiger partial charge on any atom is 0.433 e. The van der Waals surface area contributed by atoms with Crippen molar-refractivity contribution in [1.29, 1.82) is 0 Å². The minimum Gasteiger partial charge on any atom is -0.490 e. The number of nitrogens with zero attached hydrogens (tertiary/aromatic N) is 2. The van der Waals surface area contributed by atoms with Gasteiger partial charge in [0.1, 0.15) is 29.2 Å². The molecule has 1 aromatic carbocycles. The van der Waals surface area contributed by atoms with Gasteiger partial charge in [0.25, 0.3) is 0 Å². The molecule has 0 radical (unpaired) electrons. The Bertz CT molecular complexity index is 1040. The molecule has 3 aromatic rings. The molecule has 0 saturated heterocycles. The van der Waals surface area contributed by atoms with Gasteiger partial charge in [0, 0.05) is 42.0 Å². The van der Waals surface area contributed by atoms with Gasteiger partial charge >= 0.3 is 6.18 Å². The van der Waals surface area contributed by atoms with E-state index in [1.165, 1.54) is 12.1 Å². The van der Waals surface area contributed by atoms with Crippen LogP contribution in [0.4, 0.5) is 23.4 Å². The van der Waals surface area contributed by atoms with Gasteiger partial charge in [0.05, 0.1) is 0 Å². The summed E-state index contributed by atoms with van der Waals surface area (Å²) in [5, 5.41) is 4.76. The Labute approximate surface area is 176 Å². The zero-order valence-electron chi connectivity index (χ0n) is 15.6. The molecule has 0 bridgehead atoms. The number of nitrogens with one attached hydrogen (secondary N) is 1. The lowest BCUT2D eigenvalue weighted by molar-refractivity contribution is -0.141. The summed E-state index contributed by atoms with van der Waals surface area (Å²) in [7, 11) is 0. The fourth-order valence-corrected chi connectivity index (χ4v) is 3.35. The van der Waals surface area contributed by atoms with Crippen LogP contribution in [-0.4, -0.2) is 22.1 Å². The first-order valence-electron chi connectivity index (χ1n) is 9.05. The highest BCUT2D eigenvalue weighted by Gasteiger charge is 2.34. The molecular weight excluding hydrogens is 424 g/mol. The van der Waals surface area contributed by atoms with E-state index < -0.39 is 11.9 Å². The highest BCUT2D eigenvalue weighted by Crippen LogP contribution is 2.32. The molecule has 0 unspecified atom stereocenters. The first-order chi connectivity index (χ1) is 13.8. The second-order valence-corrected chi connectivity index (χ2v) is 7.02. The first kappa shape index (κ1) is 22.0. The number of hydrogen-bond acceptors (Lipinski definition) is 5. The third-order valence-corrected chi connectivity index (χ3v) is 4.97. The standard InChI is InChI=1S/C20H18F4N4O.ClH/c21-17-2-1-11-9-28-19(25)8-15(11)16(17)10-27-12-5-14(6-12)29-13-3-4-26-18(7-13)20(22,23)24;/h1-4,7-9,12,14,27H,5-6,10H2,(H2,25,28);1H. The van der Waals surface area contributed by atoms with Crippen LogP contribution in [0.25, 0.3) is 10.8 Å². The topological polar surface area (TPSA) is 73.1 Å². The first-order valence-corrected chi connectivity index (χ1v) is 9.05. The van der Waals surface area contributed by atoms with Gasteiger partial charge in [-0.05, 0) is 42.5 Å². The summed E-state index contributed by atoms with van der Waals surface area (Å²) >= 11 is 0. The lowest BCUT2D eigenvalue weighted by Gasteiger charge is -2.36. The molecule has 3 N–H and O–H groups in total. The van der Waals surface area contributed by atoms with E-state index in [-0.39, 0.29) is 36.1 Å². The number of ether oxygens (including phenoxy) is 1. The van der Waals surface area contributed by atoms with Crippen molar-refractivity contribution in [3.05, 3.63) is 59.8 Å². The van der Waals surface area contributed by atoms with Gasteiger partial charge < -0.3 is 15.8 Å². The Morgan fingerprint density at radius 1 is 1.13 bits per heavy atom. The maximum absolute atomic E-state index is 14.3. The monoisotopic (exact) mass is 442 g/mol. The van der Waals surface area contributed by atoms with Crippen molar-refractivity contribution < 1.29 is 22.3 Å². The van der Waals surface area contributed by atoms with E-state index in [4.69, 9.17) is 10.5 Å². The number of aromatic nitrogens is 2. The molecule has 160 valence electrons. The Morgan fingerprint density at radius 2 is 1.90 bits per heavy atom. The summed E-state index contributed by atoms with van der Waals surface area (Å²) in [5.41, 5.74) is 5.24. The van der Waals surface area contributed by atoms with Crippen LogP contribution in [0.1, 0.15) is 24.1 Å². The molecular formula is C20H19ClF4N4O. The maximum atomic E-state index is 14.3. The third kappa shape index (κ3) is 4.73. The van der Waals surface area contributed by atoms with Crippen LogP contribution in [0.15, 0.2) is 42.7 Å². The number of nitrogen functional groups attached to an aromatic ring is 1. The van der Waals surface area contributed by atoms with Crippen LogP contribution in [0.2, 0.25) is 0 Å². The molecule has 1 fully saturated rings. The molecule has 1 aliphatic carbocycles. The number of hydrogen-bond donors (Lipinski definition) is 2. The smallest absolute Gasteiger partial charge is 0.433 e. The molecule has 2 heterocycles. The minimum atomic E-state index is -4.51. The molecule has 4 rings (SSSR count). The molecule has 0 atom stereocenters. The van der Waals surface area contributed by atoms with Crippen molar-refractivity contribution in [2.45, 2.75) is 37.7 Å². The van der Waals surface area contributed by atoms with Crippen molar-refractivity contribution >= 4 is 29.0 Å². The molecule has 0 spiro atoms. The van der Waals surface area contributed by atoms with E-state index in [1.54, 1.807) is 18.3 Å². The van der Waals surface area contributed by atoms with E-state index in [0.29, 0.717) is 36.2 Å². The largest absolute Gasteiger partial charge is 0.490 e. The van der Waals surface area contributed by atoms with Gasteiger partial charge in [-0.2, -0.15) is 13.2 Å². The van der Waals surface area contributed by atoms with Crippen molar-refractivity contribution in [2.24, 2.45) is 0 Å². The summed E-state index contributed by atoms with van der Waals surface area (Å²) in [4.78, 5) is 7.33. The lowest BCUT2D eigenvalue weighted by atomic mass is 9.89. The highest BCUT2D eigenvalue weighted by molar-refractivity contribution is 5.87. The normalized spacial score (nSPS) is 18.5. The zero-order valence-corrected chi connectivity index (χ0v) is 16.4. The highest BCUT2D eigenvalue weighted by atomic mass is 35.5. The van der Waals surface area contributed by atoms with Gasteiger partial charge in [-0.1, -0.05) is 0 Å². The molecule has 0 aliphatic heterocycles. The minimum absolute atomic E-state index is 0. The van der Waals surface area contributed by atoms with E-state index in [0.717, 1.165) is 17.6 Å². The van der Waals surface area contributed by atoms with Crippen molar-refractivity contribution in [3.63, 3.8) is 0 Å². The number of fused-ring (bicyclic) bond motifs is 1. The van der Waals surface area contributed by atoms with Crippen LogP contribution >= 0.6 is 12.4 Å². The van der Waals surface area contributed by atoms with E-state index in [2.05, 4.69) is 15.3 Å². The van der Waals surface area contributed by atoms with Crippen LogP contribution in [0.3, 0.4) is 0 Å². The number of rotatable bonds is 5. The summed E-state index contributed by atoms with van der Waals surface area (Å²) in [6, 6.07) is 7.07. The number of anilines is 1. The summed E-state index contributed by atoms with van der Waals surface area (Å²) < 4.78 is 58.1. The van der Waals surface area contributed by atoms with E-state index >= 15 is 0 Å². The van der Waals surface area contributed by atoms with E-state index in [9.17, 15) is 17.6 Å². The van der Waals surface area contributed by atoms with Gasteiger partial charge in [-0.3, -0.25) is 4.98 Å². The number of alkyl halides is 3. The van der Waals surface area contributed by atoms with Crippen molar-refractivity contribution in [2.75, 3.05) is 5.73 Å². The Morgan fingerprint density at radius 3 is 2.63 bits per heavy atom. The average Bonchev–Trinajstić information content (AvgIpc) is 2.64. The van der Waals surface area contributed by atoms with Gasteiger partial charge in [0.2, 0.25) is 0 Å². The SMILES string of the molecule is Cl.Nc1cc2c(CNC3CC(Oc4ccnc(C(F)(F)F)c4)C3)c(F)ccc2cn1. The third-order valence-electron chi connectivity index (χ3n) is 4.97. The van der Waals surface area contributed by atoms with Crippen LogP contribution in [-0.2, 0) is 12.7 Å². The second kappa shape index (κ2) is 8.61. The van der Waals surface area contributed by atoms with Crippen LogP contribution in [0, 0.1) is 5.82 Å². The molecule has 1 saturated carbocycles. The summed E-state index contributed by atoms with van der Waals surface area (Å²) in [5.74, 6) is 0.120. The van der Waals surface area contributed by atoms with Crippen LogP contribution in [0.5, 0.6) is 5.75 Å². The number of halogens is 5. The fraction of sp³-hybridized carbons (Fsp3) is 0.300. The Hall–Kier alpha value is -2.65. The van der Waals surface area contributed by atoms with Gasteiger partial charge in [-0.15, -0.1) is 12.4 Å². The number of pyridine rings is 2. The summed E-state index contributed by atoms with van der Waals surface area (Å²) in [6.07, 6.45) is -0.807. The predicted molar refractivity (Wildman–Crippen MR) is 107 cm³/mol. The van der Waals surface area contributed by atoms with Gasteiger partial charge in [-0.25, -0.2) is 9.37 Å². The second-order valence-electron chi connectivity index (χ2n) is 7.02. The van der Waals surface area contributed by atoms with Crippen molar-refractivity contribution in [1.82, 2.24) is 15.3 Å². The zero-order chi connectivity index (χ0) is 20.6. The molecule has 5 nitrogen and oxygen atoms in total. The molecule has 10 heteroatoms. The van der Waals surface area contributed by atoms with E-state index in [1.807, 2.05) is 0 Å². The average molecular weight is 443 g/mol. The quantitative estimate of drug-likeness (QED) is 0.569. The molecule has 2 aromatic heterocycles. The van der Waals surface area contributed by atoms with Crippen LogP contribution < -0.4 is 15.8 Å². The number of benzene rings is 1. The predicted octanol–water partition coefficient (Wildman–Crippen LogP) is 4.49. The molecule has 0 amide bonds.